The van der Waals surface area contributed by atoms with E-state index >= 15 is 13.2 Å². The Bertz CT molecular complexity index is 2210. The molecule has 2 bridgehead atoms. The summed E-state index contributed by atoms with van der Waals surface area (Å²) in [5, 5.41) is 1.74. The van der Waals surface area contributed by atoms with Gasteiger partial charge in [0.15, 0.2) is 11.0 Å². The van der Waals surface area contributed by atoms with E-state index in [4.69, 9.17) is 19.7 Å². The Labute approximate surface area is 328 Å². The van der Waals surface area contributed by atoms with E-state index in [1.165, 1.54) is 17.8 Å². The summed E-state index contributed by atoms with van der Waals surface area (Å²) in [5.74, 6) is 3.18. The third kappa shape index (κ3) is 6.67. The minimum absolute atomic E-state index is 0.0157. The van der Waals surface area contributed by atoms with Crippen LogP contribution in [-0.4, -0.2) is 70.0 Å². The highest BCUT2D eigenvalue weighted by Gasteiger charge is 2.52. The number of pyridine rings is 1. The van der Waals surface area contributed by atoms with E-state index in [9.17, 15) is 4.79 Å². The highest BCUT2D eigenvalue weighted by atomic mass is 32.2. The first-order valence-electron chi connectivity index (χ1n) is 19.7. The quantitative estimate of drug-likeness (QED) is 0.0834. The van der Waals surface area contributed by atoms with Gasteiger partial charge in [0, 0.05) is 23.9 Å². The van der Waals surface area contributed by atoms with Crippen molar-refractivity contribution in [1.82, 2.24) is 19.9 Å². The van der Waals surface area contributed by atoms with Gasteiger partial charge < -0.3 is 9.64 Å². The van der Waals surface area contributed by atoms with Crippen LogP contribution in [0.3, 0.4) is 0 Å². The van der Waals surface area contributed by atoms with Crippen molar-refractivity contribution in [2.24, 2.45) is 0 Å². The molecule has 12 heteroatoms. The lowest BCUT2D eigenvalue weighted by molar-refractivity contribution is 0.00600. The smallest absolute Gasteiger partial charge is 0.410 e. The van der Waals surface area contributed by atoms with Crippen LogP contribution in [0.4, 0.5) is 23.8 Å². The normalized spacial score (nSPS) is 21.0. The van der Waals surface area contributed by atoms with E-state index in [1.54, 1.807) is 23.1 Å². The number of anilines is 1. The van der Waals surface area contributed by atoms with Gasteiger partial charge in [-0.15, -0.1) is 5.54 Å². The fourth-order valence-electron chi connectivity index (χ4n) is 9.73. The predicted octanol–water partition coefficient (Wildman–Crippen LogP) is 11.2. The molecule has 3 aliphatic heterocycles. The third-order valence-corrected chi connectivity index (χ3v) is 19.0. The van der Waals surface area contributed by atoms with E-state index in [-0.39, 0.29) is 46.4 Å². The van der Waals surface area contributed by atoms with Crippen LogP contribution in [0.1, 0.15) is 106 Å². The number of halogens is 3. The summed E-state index contributed by atoms with van der Waals surface area (Å²) >= 11 is 1.38. The second kappa shape index (κ2) is 14.6. The molecule has 0 aliphatic carbocycles. The van der Waals surface area contributed by atoms with Crippen LogP contribution in [0.2, 0.25) is 16.6 Å². The Morgan fingerprint density at radius 1 is 0.982 bits per heavy atom. The molecule has 1 amide bonds. The average Bonchev–Trinajstić information content (AvgIpc) is 3.38. The monoisotopic (exact) mass is 787 g/mol. The van der Waals surface area contributed by atoms with Crippen molar-refractivity contribution >= 4 is 53.4 Å². The first-order chi connectivity index (χ1) is 26.0. The number of ether oxygens (including phenoxy) is 1. The van der Waals surface area contributed by atoms with Crippen molar-refractivity contribution < 1.29 is 22.7 Å². The van der Waals surface area contributed by atoms with Crippen LogP contribution in [0.15, 0.2) is 35.5 Å². The summed E-state index contributed by atoms with van der Waals surface area (Å²) in [6.45, 7) is 21.1. The number of piperazine rings is 1. The number of benzene rings is 2. The van der Waals surface area contributed by atoms with E-state index in [1.807, 2.05) is 33.8 Å². The van der Waals surface area contributed by atoms with E-state index in [0.29, 0.717) is 62.7 Å². The van der Waals surface area contributed by atoms with Gasteiger partial charge in [-0.05, 0) is 67.4 Å². The molecule has 0 N–H and O–H groups in total. The molecule has 2 aromatic carbocycles. The van der Waals surface area contributed by atoms with Crippen LogP contribution in [0.25, 0.3) is 32.9 Å². The number of aromatic nitrogens is 3. The molecule has 0 radical (unpaired) electrons. The number of carbonyl (C=O) groups excluding carboxylic acids is 1. The fraction of sp³-hybridized carbons (Fsp3) is 0.535. The van der Waals surface area contributed by atoms with Gasteiger partial charge in [-0.25, -0.2) is 32.9 Å². The number of thioether (sulfide) groups is 1. The number of carbonyl (C=O) groups is 1. The van der Waals surface area contributed by atoms with Gasteiger partial charge in [-0.2, -0.15) is 0 Å². The zero-order valence-corrected chi connectivity index (χ0v) is 35.4. The molecule has 7 nitrogen and oxygen atoms in total. The number of hydrogen-bond donors (Lipinski definition) is 0. The largest absolute Gasteiger partial charge is 0.444 e. The van der Waals surface area contributed by atoms with Crippen molar-refractivity contribution in [3.63, 3.8) is 0 Å². The molecule has 2 saturated heterocycles. The Morgan fingerprint density at radius 3 is 2.35 bits per heavy atom. The van der Waals surface area contributed by atoms with Gasteiger partial charge in [-0.1, -0.05) is 90.4 Å². The third-order valence-electron chi connectivity index (χ3n) is 12.0. The number of alkyl halides is 1. The molecule has 2 aromatic heterocycles. The van der Waals surface area contributed by atoms with Crippen molar-refractivity contribution in [3.05, 3.63) is 53.2 Å². The molecular formula is C43H52F3N5O2SSi. The zero-order chi connectivity index (χ0) is 39.7. The van der Waals surface area contributed by atoms with Crippen molar-refractivity contribution in [3.8, 4) is 22.7 Å². The van der Waals surface area contributed by atoms with Gasteiger partial charge in [0.1, 0.15) is 42.7 Å². The lowest BCUT2D eigenvalue weighted by Gasteiger charge is -2.47. The van der Waals surface area contributed by atoms with E-state index in [2.05, 4.69) is 57.9 Å². The van der Waals surface area contributed by atoms with Crippen LogP contribution < -0.4 is 4.90 Å². The average molecular weight is 788 g/mol. The molecule has 0 saturated carbocycles. The Kier molecular flexibility index (Phi) is 10.5. The second-order valence-electron chi connectivity index (χ2n) is 17.2. The maximum absolute atomic E-state index is 17.4. The number of rotatable bonds is 6. The Morgan fingerprint density at radius 2 is 1.69 bits per heavy atom. The lowest BCUT2D eigenvalue weighted by Crippen LogP contribution is -2.62. The van der Waals surface area contributed by atoms with Crippen molar-refractivity contribution in [2.75, 3.05) is 17.2 Å². The summed E-state index contributed by atoms with van der Waals surface area (Å²) in [6, 6.07) is 7.49. The van der Waals surface area contributed by atoms with Gasteiger partial charge in [0.05, 0.1) is 34.8 Å². The maximum Gasteiger partial charge on any atom is 0.410 e. The topological polar surface area (TPSA) is 71.5 Å². The number of amides is 1. The molecule has 5 heterocycles. The zero-order valence-electron chi connectivity index (χ0n) is 33.6. The molecular weight excluding hydrogens is 736 g/mol. The first-order valence-corrected chi connectivity index (χ1v) is 22.9. The van der Waals surface area contributed by atoms with Gasteiger partial charge in [0.2, 0.25) is 0 Å². The fourth-order valence-corrected chi connectivity index (χ4v) is 15.5. The number of fused-ring (bicyclic) bond motifs is 6. The van der Waals surface area contributed by atoms with E-state index in [0.717, 1.165) is 6.42 Å². The molecule has 4 aromatic rings. The van der Waals surface area contributed by atoms with Gasteiger partial charge in [0.25, 0.3) is 0 Å². The Balaban J connectivity index is 1.44. The summed E-state index contributed by atoms with van der Waals surface area (Å²) in [4.78, 5) is 31.9. The maximum atomic E-state index is 17.4. The summed E-state index contributed by atoms with van der Waals surface area (Å²) in [6.07, 6.45) is -0.581. The molecule has 0 unspecified atom stereocenters. The summed E-state index contributed by atoms with van der Waals surface area (Å²) < 4.78 is 56.5. The van der Waals surface area contributed by atoms with E-state index < -0.39 is 43.6 Å². The predicted molar refractivity (Wildman–Crippen MR) is 219 cm³/mol. The molecule has 55 heavy (non-hydrogen) atoms. The highest BCUT2D eigenvalue weighted by molar-refractivity contribution is 7.99. The molecule has 292 valence electrons. The summed E-state index contributed by atoms with van der Waals surface area (Å²) in [7, 11) is -2.28. The molecule has 0 spiro atoms. The highest BCUT2D eigenvalue weighted by Crippen LogP contribution is 2.49. The summed E-state index contributed by atoms with van der Waals surface area (Å²) in [5.41, 5.74) is 4.40. The molecule has 7 rings (SSSR count). The molecule has 3 aliphatic rings. The lowest BCUT2D eigenvalue weighted by atomic mass is 9.95. The molecule has 2 fully saturated rings. The Hall–Kier alpha value is -3.82. The van der Waals surface area contributed by atoms with Gasteiger partial charge >= 0.3 is 6.09 Å². The van der Waals surface area contributed by atoms with Crippen LogP contribution >= 0.6 is 11.8 Å². The van der Waals surface area contributed by atoms with Crippen molar-refractivity contribution in [2.45, 2.75) is 140 Å². The van der Waals surface area contributed by atoms with Crippen LogP contribution in [-0.2, 0) is 4.74 Å². The standard InChI is InChI=1S/C43H52F3N5O2SSi/c1-11-54-41-48-39-35-38(31(45)21-33-32-18-16-27(22-50(33)40(35)49-41)51(32)42(52)53-43(8,9)10)47-37(36(39)46)29-14-12-13-26-15-17-30(44)28(34(26)29)19-20-55(23(2)3,24(4)5)25(6)7/h12-15,17,23-25,27,31-33H,11,16,18,21-22H2,1-10H3/t27-,31-,32+,33-/m1/s1. The van der Waals surface area contributed by atoms with Crippen LogP contribution in [0.5, 0.6) is 0 Å². The minimum Gasteiger partial charge on any atom is -0.444 e. The second-order valence-corrected chi connectivity index (χ2v) is 24.0. The SMILES string of the molecule is CCSc1nc2c3c(nc(-c4cccc5ccc(F)c(C#C[Si](C(C)C)(C(C)C)C(C)C)c45)c(F)c3n1)[C@H](F)C[C@@H]1[C@@H]3CC[C@H](CN21)N3C(=O)OC(C)(C)C. The number of hydrogen-bond acceptors (Lipinski definition) is 7. The van der Waals surface area contributed by atoms with Crippen molar-refractivity contribution in [1.29, 1.82) is 0 Å². The minimum atomic E-state index is -2.28. The van der Waals surface area contributed by atoms with Crippen LogP contribution in [0, 0.1) is 23.1 Å². The molecule has 4 atom stereocenters. The first kappa shape index (κ1) is 39.4. The number of nitrogens with zero attached hydrogens (tertiary/aromatic N) is 5. The van der Waals surface area contributed by atoms with Gasteiger partial charge in [-0.3, -0.25) is 4.90 Å².